The summed E-state index contributed by atoms with van der Waals surface area (Å²) in [5.41, 5.74) is 0. The van der Waals surface area contributed by atoms with Crippen molar-refractivity contribution in [3.8, 4) is 11.5 Å². The molecule has 1 amide bonds. The maximum atomic E-state index is 12.0. The molecule has 0 radical (unpaired) electrons. The minimum Gasteiger partial charge on any atom is -0.494 e. The van der Waals surface area contributed by atoms with Crippen LogP contribution in [0, 0.1) is 0 Å². The molecule has 0 saturated heterocycles. The minimum absolute atomic E-state index is 0.126. The molecule has 7 nitrogen and oxygen atoms in total. The van der Waals surface area contributed by atoms with Gasteiger partial charge in [0.25, 0.3) is 5.91 Å². The van der Waals surface area contributed by atoms with Crippen LogP contribution in [0.1, 0.15) is 50.8 Å². The Morgan fingerprint density at radius 1 is 1.12 bits per heavy atom. The molecule has 0 atom stereocenters. The van der Waals surface area contributed by atoms with Gasteiger partial charge < -0.3 is 13.9 Å². The molecule has 1 saturated carbocycles. The zero-order valence-electron chi connectivity index (χ0n) is 14.4. The number of hydrogen-bond donors (Lipinski definition) is 1. The van der Waals surface area contributed by atoms with Crippen LogP contribution in [0.5, 0.6) is 11.5 Å². The van der Waals surface area contributed by atoms with E-state index in [-0.39, 0.29) is 18.5 Å². The standard InChI is InChI=1S/C18H23N3O4/c1-2-23-14-8-10-15(11-9-14)24-12-16(22)19-18-21-20-17(25-18)13-6-4-3-5-7-13/h8-11,13H,2-7,12H2,1H3,(H,19,21,22). The molecular formula is C18H23N3O4. The lowest BCUT2D eigenvalue weighted by Crippen LogP contribution is -2.20. The first kappa shape index (κ1) is 17.3. The highest BCUT2D eigenvalue weighted by molar-refractivity contribution is 5.89. The van der Waals surface area contributed by atoms with Crippen molar-refractivity contribution in [3.05, 3.63) is 30.2 Å². The molecule has 0 aliphatic heterocycles. The molecule has 1 N–H and O–H groups in total. The van der Waals surface area contributed by atoms with Crippen molar-refractivity contribution >= 4 is 11.9 Å². The lowest BCUT2D eigenvalue weighted by atomic mass is 9.89. The van der Waals surface area contributed by atoms with Gasteiger partial charge in [0.15, 0.2) is 6.61 Å². The average Bonchev–Trinajstić information content (AvgIpc) is 3.11. The van der Waals surface area contributed by atoms with E-state index in [0.29, 0.717) is 24.2 Å². The van der Waals surface area contributed by atoms with Gasteiger partial charge in [-0.15, -0.1) is 5.10 Å². The number of benzene rings is 1. The van der Waals surface area contributed by atoms with Crippen LogP contribution in [0.3, 0.4) is 0 Å². The number of anilines is 1. The molecule has 1 aliphatic carbocycles. The Bertz CT molecular complexity index is 678. The predicted octanol–water partition coefficient (Wildman–Crippen LogP) is 3.53. The van der Waals surface area contributed by atoms with Crippen molar-refractivity contribution in [1.82, 2.24) is 10.2 Å². The highest BCUT2D eigenvalue weighted by atomic mass is 16.5. The molecule has 1 aliphatic rings. The molecule has 1 aromatic heterocycles. The lowest BCUT2D eigenvalue weighted by molar-refractivity contribution is -0.118. The quantitative estimate of drug-likeness (QED) is 0.826. The van der Waals surface area contributed by atoms with Crippen LogP contribution >= 0.6 is 0 Å². The third kappa shape index (κ3) is 4.95. The smallest absolute Gasteiger partial charge is 0.322 e. The van der Waals surface area contributed by atoms with Crippen molar-refractivity contribution in [2.45, 2.75) is 44.9 Å². The molecule has 1 aromatic carbocycles. The third-order valence-electron chi connectivity index (χ3n) is 4.15. The minimum atomic E-state index is -0.340. The molecular weight excluding hydrogens is 322 g/mol. The summed E-state index contributed by atoms with van der Waals surface area (Å²) in [5.74, 6) is 1.94. The van der Waals surface area contributed by atoms with Gasteiger partial charge in [0.2, 0.25) is 5.89 Å². The van der Waals surface area contributed by atoms with E-state index >= 15 is 0 Å². The van der Waals surface area contributed by atoms with Crippen LogP contribution in [-0.2, 0) is 4.79 Å². The number of ether oxygens (including phenoxy) is 2. The molecule has 0 spiro atoms. The summed E-state index contributed by atoms with van der Waals surface area (Å²) in [7, 11) is 0. The highest BCUT2D eigenvalue weighted by Gasteiger charge is 2.21. The van der Waals surface area contributed by atoms with E-state index < -0.39 is 0 Å². The zero-order chi connectivity index (χ0) is 17.5. The Morgan fingerprint density at radius 3 is 2.48 bits per heavy atom. The Labute approximate surface area is 146 Å². The van der Waals surface area contributed by atoms with E-state index in [9.17, 15) is 4.79 Å². The third-order valence-corrected chi connectivity index (χ3v) is 4.15. The first-order valence-electron chi connectivity index (χ1n) is 8.73. The van der Waals surface area contributed by atoms with Crippen LogP contribution in [0.4, 0.5) is 6.01 Å². The molecule has 0 bridgehead atoms. The van der Waals surface area contributed by atoms with Crippen LogP contribution < -0.4 is 14.8 Å². The van der Waals surface area contributed by atoms with Gasteiger partial charge in [-0.3, -0.25) is 10.1 Å². The van der Waals surface area contributed by atoms with Crippen LogP contribution in [0.2, 0.25) is 0 Å². The summed E-state index contributed by atoms with van der Waals surface area (Å²) < 4.78 is 16.4. The Hall–Kier alpha value is -2.57. The van der Waals surface area contributed by atoms with Gasteiger partial charge in [0.05, 0.1) is 6.61 Å². The van der Waals surface area contributed by atoms with Gasteiger partial charge in [0, 0.05) is 5.92 Å². The van der Waals surface area contributed by atoms with Gasteiger partial charge in [-0.05, 0) is 44.0 Å². The normalized spacial score (nSPS) is 14.9. The molecule has 2 aromatic rings. The second-order valence-corrected chi connectivity index (χ2v) is 6.02. The molecule has 1 heterocycles. The molecule has 25 heavy (non-hydrogen) atoms. The van der Waals surface area contributed by atoms with Crippen molar-refractivity contribution in [1.29, 1.82) is 0 Å². The van der Waals surface area contributed by atoms with Crippen LogP contribution in [-0.4, -0.2) is 29.3 Å². The van der Waals surface area contributed by atoms with Gasteiger partial charge >= 0.3 is 6.01 Å². The summed E-state index contributed by atoms with van der Waals surface area (Å²) in [6.45, 7) is 2.40. The van der Waals surface area contributed by atoms with Crippen molar-refractivity contribution in [2.75, 3.05) is 18.5 Å². The summed E-state index contributed by atoms with van der Waals surface area (Å²) in [5, 5.41) is 10.5. The number of amides is 1. The largest absolute Gasteiger partial charge is 0.494 e. The Morgan fingerprint density at radius 2 is 1.80 bits per heavy atom. The number of rotatable bonds is 7. The second kappa shape index (κ2) is 8.50. The van der Waals surface area contributed by atoms with E-state index in [1.807, 2.05) is 6.92 Å². The predicted molar refractivity (Wildman–Crippen MR) is 91.9 cm³/mol. The summed E-state index contributed by atoms with van der Waals surface area (Å²) in [4.78, 5) is 12.0. The Balaban J connectivity index is 1.46. The number of carbonyl (C=O) groups is 1. The highest BCUT2D eigenvalue weighted by Crippen LogP contribution is 2.32. The first-order valence-corrected chi connectivity index (χ1v) is 8.73. The fourth-order valence-corrected chi connectivity index (χ4v) is 2.90. The lowest BCUT2D eigenvalue weighted by Gasteiger charge is -2.17. The maximum Gasteiger partial charge on any atom is 0.322 e. The molecule has 0 unspecified atom stereocenters. The zero-order valence-corrected chi connectivity index (χ0v) is 14.4. The van der Waals surface area contributed by atoms with E-state index in [1.165, 1.54) is 19.3 Å². The van der Waals surface area contributed by atoms with Gasteiger partial charge in [-0.2, -0.15) is 0 Å². The van der Waals surface area contributed by atoms with E-state index in [2.05, 4.69) is 15.5 Å². The fourth-order valence-electron chi connectivity index (χ4n) is 2.90. The molecule has 1 fully saturated rings. The average molecular weight is 345 g/mol. The van der Waals surface area contributed by atoms with E-state index in [0.717, 1.165) is 18.6 Å². The Kier molecular flexibility index (Phi) is 5.87. The fraction of sp³-hybridized carbons (Fsp3) is 0.500. The molecule has 7 heteroatoms. The van der Waals surface area contributed by atoms with Crippen molar-refractivity contribution in [2.24, 2.45) is 0 Å². The van der Waals surface area contributed by atoms with Gasteiger partial charge in [0.1, 0.15) is 11.5 Å². The van der Waals surface area contributed by atoms with Gasteiger partial charge in [-0.25, -0.2) is 0 Å². The summed E-state index contributed by atoms with van der Waals surface area (Å²) >= 11 is 0. The van der Waals surface area contributed by atoms with Crippen molar-refractivity contribution in [3.63, 3.8) is 0 Å². The SMILES string of the molecule is CCOc1ccc(OCC(=O)Nc2nnc(C3CCCCC3)o2)cc1. The number of hydrogen-bond acceptors (Lipinski definition) is 6. The molecule has 3 rings (SSSR count). The topological polar surface area (TPSA) is 86.5 Å². The summed E-state index contributed by atoms with van der Waals surface area (Å²) in [6, 6.07) is 7.23. The van der Waals surface area contributed by atoms with E-state index in [1.54, 1.807) is 24.3 Å². The number of nitrogens with zero attached hydrogens (tertiary/aromatic N) is 2. The maximum absolute atomic E-state index is 12.0. The number of nitrogens with one attached hydrogen (secondary N) is 1. The van der Waals surface area contributed by atoms with Crippen molar-refractivity contribution < 1.29 is 18.7 Å². The van der Waals surface area contributed by atoms with Gasteiger partial charge in [-0.1, -0.05) is 24.4 Å². The number of aromatic nitrogens is 2. The second-order valence-electron chi connectivity index (χ2n) is 6.02. The molecule has 134 valence electrons. The van der Waals surface area contributed by atoms with Crippen LogP contribution in [0.15, 0.2) is 28.7 Å². The number of carbonyl (C=O) groups excluding carboxylic acids is 1. The monoisotopic (exact) mass is 345 g/mol. The van der Waals surface area contributed by atoms with Crippen LogP contribution in [0.25, 0.3) is 0 Å². The summed E-state index contributed by atoms with van der Waals surface area (Å²) in [6.07, 6.45) is 5.76. The van der Waals surface area contributed by atoms with E-state index in [4.69, 9.17) is 13.9 Å². The first-order chi connectivity index (χ1) is 12.2.